The first-order chi connectivity index (χ1) is 9.66. The molecule has 3 rings (SSSR count). The zero-order valence-electron chi connectivity index (χ0n) is 10.2. The molecule has 6 heteroatoms. The lowest BCUT2D eigenvalue weighted by molar-refractivity contribution is 0.248. The molecule has 1 amide bonds. The van der Waals surface area contributed by atoms with Crippen LogP contribution in [0.3, 0.4) is 0 Å². The highest BCUT2D eigenvalue weighted by Gasteiger charge is 2.15. The van der Waals surface area contributed by atoms with E-state index in [1.165, 1.54) is 0 Å². The summed E-state index contributed by atoms with van der Waals surface area (Å²) in [7, 11) is 0. The molecule has 0 bridgehead atoms. The summed E-state index contributed by atoms with van der Waals surface area (Å²) in [6, 6.07) is 6.53. The van der Waals surface area contributed by atoms with E-state index in [2.05, 4.69) is 11.2 Å². The van der Waals surface area contributed by atoms with Crippen LogP contribution in [0.4, 0.5) is 9.18 Å². The number of carbonyl (C=O) groups is 1. The van der Waals surface area contributed by atoms with E-state index < -0.39 is 11.8 Å². The van der Waals surface area contributed by atoms with Gasteiger partial charge in [-0.05, 0) is 46.7 Å². The van der Waals surface area contributed by atoms with Gasteiger partial charge in [-0.3, -0.25) is 0 Å². The Morgan fingerprint density at radius 3 is 3.00 bits per heavy atom. The average Bonchev–Trinajstić information content (AvgIpc) is 3.04. The van der Waals surface area contributed by atoms with E-state index >= 15 is 0 Å². The molecule has 0 unspecified atom stereocenters. The largest absolute Gasteiger partial charge is 0.350 e. The lowest BCUT2D eigenvalue weighted by Crippen LogP contribution is -2.21. The van der Waals surface area contributed by atoms with E-state index in [0.29, 0.717) is 11.1 Å². The number of fused-ring (bicyclic) bond motifs is 1. The van der Waals surface area contributed by atoms with Gasteiger partial charge < -0.3 is 5.73 Å². The fourth-order valence-electron chi connectivity index (χ4n) is 1.91. The maximum atomic E-state index is 13.8. The summed E-state index contributed by atoms with van der Waals surface area (Å²) >= 11 is 1.57. The zero-order chi connectivity index (χ0) is 14.1. The number of nitrogens with two attached hydrogens (primary N) is 1. The highest BCUT2D eigenvalue weighted by atomic mass is 32.1. The minimum Gasteiger partial charge on any atom is -0.350 e. The van der Waals surface area contributed by atoms with E-state index in [1.807, 2.05) is 22.9 Å². The van der Waals surface area contributed by atoms with Gasteiger partial charge in [0.1, 0.15) is 11.3 Å². The van der Waals surface area contributed by atoms with Gasteiger partial charge in [0, 0.05) is 5.39 Å². The molecule has 0 aliphatic rings. The molecule has 0 aliphatic heterocycles. The van der Waals surface area contributed by atoms with Crippen LogP contribution in [-0.2, 0) is 0 Å². The molecule has 1 radical (unpaired) electrons. The Bertz CT molecular complexity index is 805. The van der Waals surface area contributed by atoms with Crippen LogP contribution in [0.15, 0.2) is 29.0 Å². The molecule has 0 aliphatic carbocycles. The van der Waals surface area contributed by atoms with Crippen LogP contribution in [0.25, 0.3) is 23.1 Å². The quantitative estimate of drug-likeness (QED) is 0.786. The van der Waals surface area contributed by atoms with Gasteiger partial charge in [0.05, 0.1) is 5.69 Å². The number of primary amides is 1. The summed E-state index contributed by atoms with van der Waals surface area (Å²) in [6.07, 6.45) is 3.56. The Morgan fingerprint density at radius 2 is 2.30 bits per heavy atom. The number of amides is 1. The predicted octanol–water partition coefficient (Wildman–Crippen LogP) is 3.13. The van der Waals surface area contributed by atoms with Crippen LogP contribution < -0.4 is 5.73 Å². The fraction of sp³-hybridized carbons (Fsp3) is 0. The van der Waals surface area contributed by atoms with E-state index in [1.54, 1.807) is 23.5 Å². The van der Waals surface area contributed by atoms with E-state index in [0.717, 1.165) is 16.3 Å². The van der Waals surface area contributed by atoms with Gasteiger partial charge in [-0.25, -0.2) is 9.18 Å². The highest BCUT2D eigenvalue weighted by Crippen LogP contribution is 2.23. The van der Waals surface area contributed by atoms with Crippen molar-refractivity contribution in [3.05, 3.63) is 52.1 Å². The van der Waals surface area contributed by atoms with Crippen molar-refractivity contribution < 1.29 is 9.18 Å². The number of halogens is 1. The summed E-state index contributed by atoms with van der Waals surface area (Å²) in [4.78, 5) is 11.3. The molecular weight excluding hydrogens is 277 g/mol. The zero-order valence-corrected chi connectivity index (χ0v) is 11.0. The second kappa shape index (κ2) is 4.90. The predicted molar refractivity (Wildman–Crippen MR) is 76.8 cm³/mol. The monoisotopic (exact) mass is 286 g/mol. The lowest BCUT2D eigenvalue weighted by atomic mass is 10.2. The van der Waals surface area contributed by atoms with Crippen molar-refractivity contribution in [1.29, 1.82) is 0 Å². The van der Waals surface area contributed by atoms with Crippen molar-refractivity contribution in [2.24, 2.45) is 5.73 Å². The van der Waals surface area contributed by atoms with E-state index in [9.17, 15) is 9.18 Å². The second-order valence-corrected chi connectivity index (χ2v) is 4.87. The number of thiophene rings is 1. The normalized spacial score (nSPS) is 11.4. The average molecular weight is 286 g/mol. The fourth-order valence-corrected chi connectivity index (χ4v) is 2.54. The van der Waals surface area contributed by atoms with Crippen LogP contribution in [0, 0.1) is 11.9 Å². The number of carbonyl (C=O) groups excluding carboxylic acids is 1. The molecule has 0 fully saturated rings. The molecule has 99 valence electrons. The molecule has 20 heavy (non-hydrogen) atoms. The number of hydrogen-bond acceptors (Lipinski definition) is 3. The number of aromatic nitrogens is 2. The Balaban J connectivity index is 2.17. The molecule has 0 saturated carbocycles. The van der Waals surface area contributed by atoms with Gasteiger partial charge in [0.25, 0.3) is 0 Å². The van der Waals surface area contributed by atoms with Gasteiger partial charge in [-0.1, -0.05) is 6.08 Å². The summed E-state index contributed by atoms with van der Waals surface area (Å²) in [6.45, 7) is 0. The third-order valence-electron chi connectivity index (χ3n) is 2.80. The minimum absolute atomic E-state index is 0.0706. The summed E-state index contributed by atoms with van der Waals surface area (Å²) in [5.41, 5.74) is 6.77. The molecule has 0 spiro atoms. The van der Waals surface area contributed by atoms with Crippen molar-refractivity contribution in [2.75, 3.05) is 0 Å². The Hall–Kier alpha value is -2.47. The van der Waals surface area contributed by atoms with Crippen LogP contribution in [0.1, 0.15) is 11.3 Å². The first-order valence-electron chi connectivity index (χ1n) is 5.75. The number of nitrogens with zero attached hydrogens (tertiary/aromatic N) is 2. The molecule has 0 saturated heterocycles. The van der Waals surface area contributed by atoms with Crippen LogP contribution in [0.5, 0.6) is 0 Å². The number of benzene rings is 1. The number of rotatable bonds is 2. The highest BCUT2D eigenvalue weighted by molar-refractivity contribution is 7.08. The maximum Gasteiger partial charge on any atom is 0.340 e. The summed E-state index contributed by atoms with van der Waals surface area (Å²) in [5.74, 6) is -0.580. The third-order valence-corrected chi connectivity index (χ3v) is 3.50. The topological polar surface area (TPSA) is 60.9 Å². The first kappa shape index (κ1) is 12.6. The lowest BCUT2D eigenvalue weighted by Gasteiger charge is -1.96. The SMILES string of the molecule is NC(=O)n1nc(C=Cc2ccsc2)c2c[c]cc(F)c21. The van der Waals surface area contributed by atoms with E-state index in [-0.39, 0.29) is 5.52 Å². The van der Waals surface area contributed by atoms with Crippen LogP contribution in [-0.4, -0.2) is 15.8 Å². The van der Waals surface area contributed by atoms with Crippen LogP contribution in [0.2, 0.25) is 0 Å². The Morgan fingerprint density at radius 1 is 1.45 bits per heavy atom. The van der Waals surface area contributed by atoms with E-state index in [4.69, 9.17) is 5.73 Å². The Labute approximate surface area is 117 Å². The summed E-state index contributed by atoms with van der Waals surface area (Å²) in [5, 5.41) is 8.46. The minimum atomic E-state index is -0.824. The molecule has 2 N–H and O–H groups in total. The van der Waals surface area contributed by atoms with Crippen molar-refractivity contribution in [3.8, 4) is 0 Å². The standard InChI is InChI=1S/C14H9FN3OS/c15-11-3-1-2-10-12(5-4-9-6-7-20-8-9)17-18(13(10)11)14(16)19/h2-8H,(H2,16,19). The van der Waals surface area contributed by atoms with Gasteiger partial charge in [-0.2, -0.15) is 21.1 Å². The molecule has 0 atom stereocenters. The molecule has 2 aromatic heterocycles. The molecule has 2 heterocycles. The van der Waals surface area contributed by atoms with Gasteiger partial charge in [0.15, 0.2) is 0 Å². The maximum absolute atomic E-state index is 13.8. The van der Waals surface area contributed by atoms with Crippen molar-refractivity contribution in [2.45, 2.75) is 0 Å². The molecule has 3 aromatic rings. The smallest absolute Gasteiger partial charge is 0.340 e. The molecule has 1 aromatic carbocycles. The van der Waals surface area contributed by atoms with Crippen molar-refractivity contribution in [1.82, 2.24) is 9.78 Å². The van der Waals surface area contributed by atoms with Crippen molar-refractivity contribution >= 4 is 40.4 Å². The van der Waals surface area contributed by atoms with Gasteiger partial charge >= 0.3 is 6.03 Å². The van der Waals surface area contributed by atoms with Gasteiger partial charge in [-0.15, -0.1) is 0 Å². The molecule has 4 nitrogen and oxygen atoms in total. The second-order valence-electron chi connectivity index (χ2n) is 4.09. The Kier molecular flexibility index (Phi) is 3.08. The van der Waals surface area contributed by atoms with Crippen LogP contribution >= 0.6 is 11.3 Å². The van der Waals surface area contributed by atoms with Gasteiger partial charge in [0.2, 0.25) is 0 Å². The number of hydrogen-bond donors (Lipinski definition) is 1. The first-order valence-corrected chi connectivity index (χ1v) is 6.69. The molecular formula is C14H9FN3OS. The summed E-state index contributed by atoms with van der Waals surface area (Å²) < 4.78 is 14.7. The third kappa shape index (κ3) is 2.10. The van der Waals surface area contributed by atoms with Crippen molar-refractivity contribution in [3.63, 3.8) is 0 Å².